The van der Waals surface area contributed by atoms with E-state index in [1.807, 2.05) is 6.92 Å². The molecule has 3 aliphatic rings. The Bertz CT molecular complexity index is 670. The summed E-state index contributed by atoms with van der Waals surface area (Å²) in [7, 11) is 0. The first-order valence-corrected chi connectivity index (χ1v) is 10.2. The first-order chi connectivity index (χ1) is 13.4. The summed E-state index contributed by atoms with van der Waals surface area (Å²) in [5.41, 5.74) is -2.32. The molecule has 8 nitrogen and oxygen atoms in total. The minimum Gasteiger partial charge on any atom is -0.462 e. The van der Waals surface area contributed by atoms with Crippen LogP contribution in [0.15, 0.2) is 0 Å². The van der Waals surface area contributed by atoms with Crippen LogP contribution in [0.4, 0.5) is 0 Å². The molecule has 2 heterocycles. The second-order valence-electron chi connectivity index (χ2n) is 8.89. The summed E-state index contributed by atoms with van der Waals surface area (Å²) in [5.74, 6) is -1.94. The molecule has 0 aromatic rings. The molecule has 29 heavy (non-hydrogen) atoms. The van der Waals surface area contributed by atoms with Gasteiger partial charge in [-0.05, 0) is 47.0 Å². The summed E-state index contributed by atoms with van der Waals surface area (Å²) >= 11 is 0. The van der Waals surface area contributed by atoms with Gasteiger partial charge >= 0.3 is 23.9 Å². The summed E-state index contributed by atoms with van der Waals surface area (Å²) in [5, 5.41) is 0. The zero-order valence-corrected chi connectivity index (χ0v) is 18.0. The molecule has 3 unspecified atom stereocenters. The predicted molar refractivity (Wildman–Crippen MR) is 102 cm³/mol. The predicted octanol–water partition coefficient (Wildman–Crippen LogP) is 2.71. The standard InChI is InChI=1S/C21H32O8/c1-6-19(2,3)18(25)27-12-11-26-15(22)7-8-16(23)28-21(5)13-14-9-10-20(21,4)29-17(14)24/h14H,6-13H2,1-5H3. The Morgan fingerprint density at radius 2 is 1.72 bits per heavy atom. The van der Waals surface area contributed by atoms with Crippen molar-refractivity contribution >= 4 is 23.9 Å². The van der Waals surface area contributed by atoms with Crippen LogP contribution < -0.4 is 0 Å². The number of ether oxygens (including phenoxy) is 4. The normalized spacial score (nSPS) is 28.4. The minimum absolute atomic E-state index is 0.0262. The second kappa shape index (κ2) is 8.71. The van der Waals surface area contributed by atoms with E-state index >= 15 is 0 Å². The molecule has 2 bridgehead atoms. The zero-order valence-electron chi connectivity index (χ0n) is 18.0. The fourth-order valence-electron chi connectivity index (χ4n) is 3.53. The number of fused-ring (bicyclic) bond motifs is 3. The Kier molecular flexibility index (Phi) is 6.96. The fourth-order valence-corrected chi connectivity index (χ4v) is 3.53. The van der Waals surface area contributed by atoms with Crippen molar-refractivity contribution in [3.05, 3.63) is 0 Å². The van der Waals surface area contributed by atoms with Crippen LogP contribution in [0.5, 0.6) is 0 Å². The van der Waals surface area contributed by atoms with Gasteiger partial charge in [0.25, 0.3) is 0 Å². The maximum Gasteiger partial charge on any atom is 0.311 e. The molecule has 0 amide bonds. The van der Waals surface area contributed by atoms with E-state index in [0.29, 0.717) is 19.3 Å². The van der Waals surface area contributed by atoms with Gasteiger partial charge in [0.15, 0.2) is 0 Å². The van der Waals surface area contributed by atoms with Crippen LogP contribution in [-0.4, -0.2) is 48.3 Å². The first-order valence-electron chi connectivity index (χ1n) is 10.2. The van der Waals surface area contributed by atoms with E-state index in [1.165, 1.54) is 0 Å². The largest absolute Gasteiger partial charge is 0.462 e. The molecule has 3 rings (SSSR count). The molecule has 0 aromatic heterocycles. The lowest BCUT2D eigenvalue weighted by Gasteiger charge is -2.54. The number of esters is 4. The van der Waals surface area contributed by atoms with Crippen molar-refractivity contribution in [1.82, 2.24) is 0 Å². The van der Waals surface area contributed by atoms with Gasteiger partial charge in [-0.15, -0.1) is 0 Å². The van der Waals surface area contributed by atoms with E-state index in [0.717, 1.165) is 6.42 Å². The van der Waals surface area contributed by atoms with Crippen LogP contribution in [-0.2, 0) is 38.1 Å². The van der Waals surface area contributed by atoms with Gasteiger partial charge in [-0.3, -0.25) is 19.2 Å². The van der Waals surface area contributed by atoms with Gasteiger partial charge in [0.1, 0.15) is 24.4 Å². The summed E-state index contributed by atoms with van der Waals surface area (Å²) in [6, 6.07) is 0. The number of carbonyl (C=O) groups excluding carboxylic acids is 4. The van der Waals surface area contributed by atoms with Crippen LogP contribution in [0.25, 0.3) is 0 Å². The van der Waals surface area contributed by atoms with E-state index in [-0.39, 0.29) is 43.9 Å². The Balaban J connectivity index is 1.69. The molecule has 0 spiro atoms. The molecule has 3 atom stereocenters. The molecule has 1 aliphatic carbocycles. The van der Waals surface area contributed by atoms with Crippen molar-refractivity contribution in [2.45, 2.75) is 84.3 Å². The number of carbonyl (C=O) groups is 4. The quantitative estimate of drug-likeness (QED) is 0.323. The lowest BCUT2D eigenvalue weighted by Crippen LogP contribution is -2.64. The summed E-state index contributed by atoms with van der Waals surface area (Å²) in [6.45, 7) is 8.93. The van der Waals surface area contributed by atoms with Crippen molar-refractivity contribution in [2.24, 2.45) is 11.3 Å². The Labute approximate surface area is 171 Å². The van der Waals surface area contributed by atoms with Crippen LogP contribution in [0.1, 0.15) is 73.1 Å². The van der Waals surface area contributed by atoms with Crippen LogP contribution in [0.2, 0.25) is 0 Å². The van der Waals surface area contributed by atoms with E-state index in [4.69, 9.17) is 18.9 Å². The summed E-state index contributed by atoms with van der Waals surface area (Å²) in [6.07, 6.45) is 2.18. The molecule has 2 aliphatic heterocycles. The van der Waals surface area contributed by atoms with Gasteiger partial charge in [-0.1, -0.05) is 6.92 Å². The van der Waals surface area contributed by atoms with Gasteiger partial charge in [0.05, 0.1) is 24.2 Å². The van der Waals surface area contributed by atoms with E-state index < -0.39 is 28.6 Å². The molecule has 164 valence electrons. The Morgan fingerprint density at radius 3 is 2.31 bits per heavy atom. The third kappa shape index (κ3) is 5.28. The van der Waals surface area contributed by atoms with Gasteiger partial charge in [-0.2, -0.15) is 0 Å². The highest BCUT2D eigenvalue weighted by Gasteiger charge is 2.60. The van der Waals surface area contributed by atoms with Crippen LogP contribution in [0, 0.1) is 11.3 Å². The first kappa shape index (κ1) is 23.2. The SMILES string of the molecule is CCC(C)(C)C(=O)OCCOC(=O)CCC(=O)OC1(C)CC2CCC1(C)OC2=O. The Morgan fingerprint density at radius 1 is 1.10 bits per heavy atom. The third-order valence-corrected chi connectivity index (χ3v) is 6.27. The molecule has 0 radical (unpaired) electrons. The number of hydrogen-bond acceptors (Lipinski definition) is 8. The fraction of sp³-hybridized carbons (Fsp3) is 0.810. The topological polar surface area (TPSA) is 105 Å². The lowest BCUT2D eigenvalue weighted by atomic mass is 9.66. The summed E-state index contributed by atoms with van der Waals surface area (Å²) in [4.78, 5) is 47.7. The van der Waals surface area contributed by atoms with Gasteiger partial charge in [-0.25, -0.2) is 0 Å². The van der Waals surface area contributed by atoms with Crippen LogP contribution >= 0.6 is 0 Å². The van der Waals surface area contributed by atoms with Crippen molar-refractivity contribution in [1.29, 1.82) is 0 Å². The molecule has 0 N–H and O–H groups in total. The molecule has 0 aromatic carbocycles. The highest BCUT2D eigenvalue weighted by atomic mass is 16.6. The van der Waals surface area contributed by atoms with Crippen molar-refractivity contribution in [3.8, 4) is 0 Å². The molecule has 1 saturated carbocycles. The third-order valence-electron chi connectivity index (χ3n) is 6.27. The molecule has 3 fully saturated rings. The van der Waals surface area contributed by atoms with Gasteiger partial charge in [0, 0.05) is 6.42 Å². The smallest absolute Gasteiger partial charge is 0.311 e. The van der Waals surface area contributed by atoms with Gasteiger partial charge < -0.3 is 18.9 Å². The molecular formula is C21H32O8. The van der Waals surface area contributed by atoms with Crippen molar-refractivity contribution in [2.75, 3.05) is 13.2 Å². The average Bonchev–Trinajstić information content (AvgIpc) is 2.64. The lowest BCUT2D eigenvalue weighted by molar-refractivity contribution is -0.247. The molecule has 2 saturated heterocycles. The molecule has 8 heteroatoms. The number of hydrogen-bond donors (Lipinski definition) is 0. The van der Waals surface area contributed by atoms with E-state index in [1.54, 1.807) is 27.7 Å². The average molecular weight is 412 g/mol. The zero-order chi connectivity index (χ0) is 21.9. The highest BCUT2D eigenvalue weighted by Crippen LogP contribution is 2.50. The molecular weight excluding hydrogens is 380 g/mol. The van der Waals surface area contributed by atoms with E-state index in [2.05, 4.69) is 0 Å². The van der Waals surface area contributed by atoms with Crippen molar-refractivity contribution in [3.63, 3.8) is 0 Å². The monoisotopic (exact) mass is 412 g/mol. The Hall–Kier alpha value is -2.12. The minimum atomic E-state index is -0.898. The van der Waals surface area contributed by atoms with E-state index in [9.17, 15) is 19.2 Å². The van der Waals surface area contributed by atoms with Crippen LogP contribution in [0.3, 0.4) is 0 Å². The number of rotatable bonds is 9. The van der Waals surface area contributed by atoms with Crippen molar-refractivity contribution < 1.29 is 38.1 Å². The van der Waals surface area contributed by atoms with Gasteiger partial charge in [0.2, 0.25) is 0 Å². The maximum absolute atomic E-state index is 12.2. The maximum atomic E-state index is 12.2. The summed E-state index contributed by atoms with van der Waals surface area (Å²) < 4.78 is 21.2. The second-order valence-corrected chi connectivity index (χ2v) is 8.89. The highest BCUT2D eigenvalue weighted by molar-refractivity contribution is 5.79.